The molecule has 2 aromatic heterocycles. The van der Waals surface area contributed by atoms with Crippen molar-refractivity contribution in [1.82, 2.24) is 23.6 Å². The van der Waals surface area contributed by atoms with E-state index in [9.17, 15) is 24.6 Å². The van der Waals surface area contributed by atoms with Crippen molar-refractivity contribution in [2.75, 3.05) is 19.6 Å². The van der Waals surface area contributed by atoms with Crippen molar-refractivity contribution < 1.29 is 15.0 Å². The SMILES string of the molecule is Cn1c(=O)c2c(ncn2[C@H]2CN(C(=O)[C@H](N)CCCCN)C[C@H](O)C[C@]2(C)O)n(C)c1=O. The molecule has 0 unspecified atom stereocenters. The van der Waals surface area contributed by atoms with Gasteiger partial charge in [0, 0.05) is 33.6 Å². The molecule has 1 aliphatic rings. The van der Waals surface area contributed by atoms with Crippen molar-refractivity contribution in [1.29, 1.82) is 0 Å². The van der Waals surface area contributed by atoms with Crippen LogP contribution in [0, 0.1) is 0 Å². The van der Waals surface area contributed by atoms with Crippen molar-refractivity contribution in [3.63, 3.8) is 0 Å². The zero-order valence-electron chi connectivity index (χ0n) is 18.8. The van der Waals surface area contributed by atoms with Gasteiger partial charge in [-0.15, -0.1) is 0 Å². The van der Waals surface area contributed by atoms with E-state index in [1.807, 2.05) is 0 Å². The van der Waals surface area contributed by atoms with Gasteiger partial charge in [0.1, 0.15) is 0 Å². The Kier molecular flexibility index (Phi) is 6.89. The lowest BCUT2D eigenvalue weighted by Crippen LogP contribution is -2.48. The Morgan fingerprint density at radius 2 is 1.97 bits per heavy atom. The number of aromatic nitrogens is 4. The maximum atomic E-state index is 13.0. The van der Waals surface area contributed by atoms with Gasteiger partial charge in [-0.25, -0.2) is 9.78 Å². The number of amides is 1. The van der Waals surface area contributed by atoms with Gasteiger partial charge in [-0.3, -0.25) is 18.7 Å². The Labute approximate surface area is 185 Å². The summed E-state index contributed by atoms with van der Waals surface area (Å²) in [5.74, 6) is -0.339. The molecule has 1 amide bonds. The zero-order chi connectivity index (χ0) is 23.8. The predicted molar refractivity (Wildman–Crippen MR) is 118 cm³/mol. The summed E-state index contributed by atoms with van der Waals surface area (Å²) in [5.41, 5.74) is 9.38. The number of carbonyl (C=O) groups excluding carboxylic acids is 1. The highest BCUT2D eigenvalue weighted by Gasteiger charge is 2.42. The van der Waals surface area contributed by atoms with E-state index < -0.39 is 35.0 Å². The van der Waals surface area contributed by atoms with E-state index in [1.165, 1.54) is 34.5 Å². The molecule has 3 rings (SSSR count). The number of β-amino-alcohol motifs (C(OH)–C–C–N with tert-alkyl or cyclic N) is 1. The van der Waals surface area contributed by atoms with Gasteiger partial charge in [0.15, 0.2) is 11.2 Å². The number of imidazole rings is 1. The third-order valence-corrected chi connectivity index (χ3v) is 6.30. The largest absolute Gasteiger partial charge is 0.391 e. The van der Waals surface area contributed by atoms with E-state index in [0.29, 0.717) is 19.4 Å². The fourth-order valence-corrected chi connectivity index (χ4v) is 4.45. The predicted octanol–water partition coefficient (Wildman–Crippen LogP) is -2.22. The Hall–Kier alpha value is -2.54. The van der Waals surface area contributed by atoms with Crippen LogP contribution in [0.5, 0.6) is 0 Å². The quantitative estimate of drug-likeness (QED) is 0.357. The minimum atomic E-state index is -1.47. The molecule has 0 radical (unpaired) electrons. The average Bonchev–Trinajstić information content (AvgIpc) is 3.12. The maximum absolute atomic E-state index is 13.0. The topological polar surface area (TPSA) is 175 Å². The second-order valence-electron chi connectivity index (χ2n) is 8.89. The van der Waals surface area contributed by atoms with E-state index in [-0.39, 0.29) is 36.6 Å². The maximum Gasteiger partial charge on any atom is 0.332 e. The van der Waals surface area contributed by atoms with Gasteiger partial charge in [0.05, 0.1) is 30.1 Å². The van der Waals surface area contributed by atoms with Gasteiger partial charge >= 0.3 is 5.69 Å². The van der Waals surface area contributed by atoms with Crippen molar-refractivity contribution >= 4 is 17.1 Å². The van der Waals surface area contributed by atoms with Crippen molar-refractivity contribution in [3.05, 3.63) is 27.2 Å². The van der Waals surface area contributed by atoms with Crippen LogP contribution < -0.4 is 22.7 Å². The second kappa shape index (κ2) is 9.14. The van der Waals surface area contributed by atoms with Crippen molar-refractivity contribution in [2.45, 2.75) is 56.4 Å². The lowest BCUT2D eigenvalue weighted by atomic mass is 9.91. The summed E-state index contributed by atoms with van der Waals surface area (Å²) in [6.45, 7) is 2.10. The number of rotatable bonds is 6. The summed E-state index contributed by atoms with van der Waals surface area (Å²) in [6, 6.07) is -1.55. The second-order valence-corrected chi connectivity index (χ2v) is 8.89. The molecule has 0 spiro atoms. The Morgan fingerprint density at radius 3 is 2.62 bits per heavy atom. The molecule has 0 bridgehead atoms. The highest BCUT2D eigenvalue weighted by atomic mass is 16.3. The number of nitrogens with two attached hydrogens (primary N) is 2. The van der Waals surface area contributed by atoms with E-state index in [1.54, 1.807) is 6.92 Å². The molecule has 0 saturated carbocycles. The molecule has 32 heavy (non-hydrogen) atoms. The van der Waals surface area contributed by atoms with Crippen LogP contribution in [-0.4, -0.2) is 77.1 Å². The van der Waals surface area contributed by atoms with Crippen LogP contribution in [-0.2, 0) is 18.9 Å². The first-order valence-electron chi connectivity index (χ1n) is 10.8. The third kappa shape index (κ3) is 4.35. The number of nitrogens with zero attached hydrogens (tertiary/aromatic N) is 5. The minimum absolute atomic E-state index is 0.0131. The Morgan fingerprint density at radius 1 is 1.28 bits per heavy atom. The third-order valence-electron chi connectivity index (χ3n) is 6.30. The first-order chi connectivity index (χ1) is 15.0. The fourth-order valence-electron chi connectivity index (χ4n) is 4.45. The lowest BCUT2D eigenvalue weighted by molar-refractivity contribution is -0.134. The summed E-state index contributed by atoms with van der Waals surface area (Å²) in [6.07, 6.45) is 2.31. The number of unbranched alkanes of at least 4 members (excludes halogenated alkanes) is 1. The van der Waals surface area contributed by atoms with Crippen LogP contribution >= 0.6 is 0 Å². The number of likely N-dealkylation sites (tertiary alicyclic amines) is 1. The first-order valence-corrected chi connectivity index (χ1v) is 10.8. The standard InChI is InChI=1S/C20H33N7O5/c1-20(32)8-12(28)9-26(17(29)13(22)6-4-5-7-21)10-14(20)27-11-23-16-15(27)18(30)25(3)19(31)24(16)2/h11-14,28,32H,4-10,21-22H2,1-3H3/t12-,13-,14+,20+/m1/s1. The van der Waals surface area contributed by atoms with Gasteiger partial charge in [-0.2, -0.15) is 0 Å². The molecule has 0 aliphatic carbocycles. The van der Waals surface area contributed by atoms with Gasteiger partial charge in [-0.05, 0) is 26.3 Å². The summed E-state index contributed by atoms with van der Waals surface area (Å²) in [4.78, 5) is 43.9. The molecule has 178 valence electrons. The molecule has 0 aromatic carbocycles. The summed E-state index contributed by atoms with van der Waals surface area (Å²) in [7, 11) is 2.87. The zero-order valence-corrected chi connectivity index (χ0v) is 18.8. The van der Waals surface area contributed by atoms with E-state index >= 15 is 0 Å². The average molecular weight is 452 g/mol. The molecule has 1 aliphatic heterocycles. The van der Waals surface area contributed by atoms with Gasteiger partial charge in [0.25, 0.3) is 5.56 Å². The van der Waals surface area contributed by atoms with E-state index in [4.69, 9.17) is 11.5 Å². The highest BCUT2D eigenvalue weighted by Crippen LogP contribution is 2.33. The molecule has 4 atom stereocenters. The van der Waals surface area contributed by atoms with Crippen LogP contribution in [0.4, 0.5) is 0 Å². The lowest BCUT2D eigenvalue weighted by Gasteiger charge is -2.34. The molecule has 12 heteroatoms. The summed E-state index contributed by atoms with van der Waals surface area (Å²) < 4.78 is 3.72. The van der Waals surface area contributed by atoms with Crippen LogP contribution in [0.2, 0.25) is 0 Å². The van der Waals surface area contributed by atoms with Crippen LogP contribution in [0.1, 0.15) is 38.6 Å². The summed E-state index contributed by atoms with van der Waals surface area (Å²) in [5, 5.41) is 21.7. The number of aliphatic hydroxyl groups is 2. The number of aliphatic hydroxyl groups excluding tert-OH is 1. The molecule has 6 N–H and O–H groups in total. The van der Waals surface area contributed by atoms with Crippen LogP contribution in [0.15, 0.2) is 15.9 Å². The molecular formula is C20H33N7O5. The van der Waals surface area contributed by atoms with Gasteiger partial charge in [0.2, 0.25) is 5.91 Å². The van der Waals surface area contributed by atoms with E-state index in [2.05, 4.69) is 4.98 Å². The minimum Gasteiger partial charge on any atom is -0.391 e. The first kappa shape index (κ1) is 24.1. The Bertz CT molecular complexity index is 1100. The summed E-state index contributed by atoms with van der Waals surface area (Å²) >= 11 is 0. The number of hydrogen-bond acceptors (Lipinski definition) is 8. The molecule has 1 saturated heterocycles. The van der Waals surface area contributed by atoms with E-state index in [0.717, 1.165) is 11.0 Å². The highest BCUT2D eigenvalue weighted by molar-refractivity contribution is 5.81. The molecule has 2 aromatic rings. The van der Waals surface area contributed by atoms with Crippen LogP contribution in [0.3, 0.4) is 0 Å². The van der Waals surface area contributed by atoms with Gasteiger partial charge < -0.3 is 31.1 Å². The molecular weight excluding hydrogens is 418 g/mol. The number of hydrogen-bond donors (Lipinski definition) is 4. The normalized spacial score (nSPS) is 25.2. The van der Waals surface area contributed by atoms with Gasteiger partial charge in [-0.1, -0.05) is 6.42 Å². The monoisotopic (exact) mass is 451 g/mol. The van der Waals surface area contributed by atoms with Crippen molar-refractivity contribution in [3.8, 4) is 0 Å². The van der Waals surface area contributed by atoms with Crippen LogP contribution in [0.25, 0.3) is 11.2 Å². The molecule has 3 heterocycles. The number of aryl methyl sites for hydroxylation is 1. The fraction of sp³-hybridized carbons (Fsp3) is 0.700. The molecule has 12 nitrogen and oxygen atoms in total. The number of carbonyl (C=O) groups is 1. The molecule has 1 fully saturated rings. The van der Waals surface area contributed by atoms with Crippen molar-refractivity contribution in [2.24, 2.45) is 25.6 Å². The Balaban J connectivity index is 2.04. The smallest absolute Gasteiger partial charge is 0.332 e. The number of fused-ring (bicyclic) bond motifs is 1.